The molecule has 0 aromatic heterocycles. The summed E-state index contributed by atoms with van der Waals surface area (Å²) in [4.78, 5) is 0. The van der Waals surface area contributed by atoms with Gasteiger partial charge in [-0.1, -0.05) is 29.8 Å². The van der Waals surface area contributed by atoms with E-state index in [4.69, 9.17) is 5.26 Å². The molecule has 0 saturated heterocycles. The number of aryl methyl sites for hydroxylation is 1. The Bertz CT molecular complexity index is 417. The maximum atomic E-state index is 12.4. The van der Waals surface area contributed by atoms with E-state index in [1.807, 2.05) is 31.2 Å². The first-order chi connectivity index (χ1) is 8.34. The van der Waals surface area contributed by atoms with Crippen LogP contribution < -0.4 is 5.32 Å². The summed E-state index contributed by atoms with van der Waals surface area (Å²) in [5.74, 6) is -1.97. The zero-order chi connectivity index (χ0) is 13.8. The van der Waals surface area contributed by atoms with Crippen LogP contribution in [0.1, 0.15) is 24.1 Å². The molecule has 1 rings (SSSR count). The van der Waals surface area contributed by atoms with E-state index in [2.05, 4.69) is 5.32 Å². The SMILES string of the molecule is Cc1ccc([C@H](C)NCC(C#N)C(F)(F)F)cc1. The van der Waals surface area contributed by atoms with Crippen LogP contribution in [0.5, 0.6) is 0 Å². The van der Waals surface area contributed by atoms with Crippen LogP contribution in [-0.2, 0) is 0 Å². The topological polar surface area (TPSA) is 35.8 Å². The van der Waals surface area contributed by atoms with Gasteiger partial charge in [0.05, 0.1) is 6.07 Å². The van der Waals surface area contributed by atoms with Gasteiger partial charge in [-0.15, -0.1) is 0 Å². The Morgan fingerprint density at radius 3 is 2.28 bits per heavy atom. The Morgan fingerprint density at radius 2 is 1.83 bits per heavy atom. The Morgan fingerprint density at radius 1 is 1.28 bits per heavy atom. The fourth-order valence-electron chi connectivity index (χ4n) is 1.50. The molecule has 0 saturated carbocycles. The van der Waals surface area contributed by atoms with E-state index < -0.39 is 18.6 Å². The van der Waals surface area contributed by atoms with Crippen molar-refractivity contribution in [2.75, 3.05) is 6.54 Å². The third kappa shape index (κ3) is 4.04. The average molecular weight is 256 g/mol. The quantitative estimate of drug-likeness (QED) is 0.896. The predicted octanol–water partition coefficient (Wildman–Crippen LogP) is 3.35. The van der Waals surface area contributed by atoms with E-state index in [-0.39, 0.29) is 6.04 Å². The molecule has 98 valence electrons. The van der Waals surface area contributed by atoms with Crippen molar-refractivity contribution in [1.82, 2.24) is 5.32 Å². The summed E-state index contributed by atoms with van der Waals surface area (Å²) in [5.41, 5.74) is 2.00. The summed E-state index contributed by atoms with van der Waals surface area (Å²) in [6, 6.07) is 8.58. The highest BCUT2D eigenvalue weighted by molar-refractivity contribution is 5.23. The number of nitrogens with one attached hydrogen (secondary N) is 1. The van der Waals surface area contributed by atoms with Gasteiger partial charge in [0, 0.05) is 12.6 Å². The number of alkyl halides is 3. The zero-order valence-electron chi connectivity index (χ0n) is 10.3. The van der Waals surface area contributed by atoms with Gasteiger partial charge in [0.2, 0.25) is 0 Å². The highest BCUT2D eigenvalue weighted by Crippen LogP contribution is 2.25. The summed E-state index contributed by atoms with van der Waals surface area (Å²) in [5, 5.41) is 11.2. The molecule has 1 aromatic carbocycles. The second-order valence-corrected chi connectivity index (χ2v) is 4.26. The second-order valence-electron chi connectivity index (χ2n) is 4.26. The molecule has 1 N–H and O–H groups in total. The molecule has 0 spiro atoms. The molecule has 2 nitrogen and oxygen atoms in total. The molecular weight excluding hydrogens is 241 g/mol. The number of hydrogen-bond acceptors (Lipinski definition) is 2. The highest BCUT2D eigenvalue weighted by Gasteiger charge is 2.39. The van der Waals surface area contributed by atoms with Gasteiger partial charge < -0.3 is 5.32 Å². The van der Waals surface area contributed by atoms with Gasteiger partial charge in [0.15, 0.2) is 5.92 Å². The van der Waals surface area contributed by atoms with Crippen LogP contribution in [0.4, 0.5) is 13.2 Å². The first-order valence-electron chi connectivity index (χ1n) is 5.61. The molecule has 0 aliphatic rings. The molecule has 1 aromatic rings. The van der Waals surface area contributed by atoms with E-state index in [1.54, 1.807) is 6.92 Å². The normalized spacial score (nSPS) is 14.9. The standard InChI is InChI=1S/C13H15F3N2/c1-9-3-5-11(6-4-9)10(2)18-8-12(7-17)13(14,15)16/h3-6,10,12,18H,8H2,1-2H3/t10-,12?/m0/s1. The van der Waals surface area contributed by atoms with E-state index in [1.165, 1.54) is 6.07 Å². The van der Waals surface area contributed by atoms with Gasteiger partial charge in [-0.05, 0) is 19.4 Å². The van der Waals surface area contributed by atoms with Crippen LogP contribution in [0.15, 0.2) is 24.3 Å². The molecule has 0 fully saturated rings. The molecule has 0 amide bonds. The van der Waals surface area contributed by atoms with Crippen molar-refractivity contribution in [2.45, 2.75) is 26.1 Å². The van der Waals surface area contributed by atoms with Crippen molar-refractivity contribution in [2.24, 2.45) is 5.92 Å². The Balaban J connectivity index is 2.58. The van der Waals surface area contributed by atoms with E-state index in [0.717, 1.165) is 11.1 Å². The number of rotatable bonds is 4. The lowest BCUT2D eigenvalue weighted by atomic mass is 10.1. The number of benzene rings is 1. The minimum atomic E-state index is -4.48. The highest BCUT2D eigenvalue weighted by atomic mass is 19.4. The third-order valence-corrected chi connectivity index (χ3v) is 2.76. The molecule has 0 aliphatic heterocycles. The van der Waals surface area contributed by atoms with Crippen LogP contribution >= 0.6 is 0 Å². The average Bonchev–Trinajstić information content (AvgIpc) is 2.28. The third-order valence-electron chi connectivity index (χ3n) is 2.76. The Hall–Kier alpha value is -1.54. The van der Waals surface area contributed by atoms with Crippen molar-refractivity contribution in [1.29, 1.82) is 5.26 Å². The van der Waals surface area contributed by atoms with Crippen molar-refractivity contribution >= 4 is 0 Å². The minimum Gasteiger partial charge on any atom is -0.309 e. The second kappa shape index (κ2) is 5.87. The van der Waals surface area contributed by atoms with Crippen molar-refractivity contribution < 1.29 is 13.2 Å². The molecule has 0 radical (unpaired) electrons. The first-order valence-corrected chi connectivity index (χ1v) is 5.61. The maximum Gasteiger partial charge on any atom is 0.405 e. The molecule has 18 heavy (non-hydrogen) atoms. The number of hydrogen-bond donors (Lipinski definition) is 1. The lowest BCUT2D eigenvalue weighted by molar-refractivity contribution is -0.157. The lowest BCUT2D eigenvalue weighted by Gasteiger charge is -2.18. The van der Waals surface area contributed by atoms with Crippen molar-refractivity contribution in [3.8, 4) is 6.07 Å². The van der Waals surface area contributed by atoms with E-state index >= 15 is 0 Å². The van der Waals surface area contributed by atoms with Gasteiger partial charge in [0.1, 0.15) is 0 Å². The van der Waals surface area contributed by atoms with Gasteiger partial charge in [-0.25, -0.2) is 0 Å². The van der Waals surface area contributed by atoms with Crippen molar-refractivity contribution in [3.63, 3.8) is 0 Å². The first kappa shape index (κ1) is 14.5. The van der Waals surface area contributed by atoms with Crippen LogP contribution in [0.2, 0.25) is 0 Å². The summed E-state index contributed by atoms with van der Waals surface area (Å²) >= 11 is 0. The summed E-state index contributed by atoms with van der Waals surface area (Å²) in [6.07, 6.45) is -4.48. The Labute approximate surface area is 104 Å². The van der Waals surface area contributed by atoms with Crippen molar-refractivity contribution in [3.05, 3.63) is 35.4 Å². The largest absolute Gasteiger partial charge is 0.405 e. The van der Waals surface area contributed by atoms with Gasteiger partial charge in [-0.2, -0.15) is 18.4 Å². The van der Waals surface area contributed by atoms with E-state index in [9.17, 15) is 13.2 Å². The molecule has 5 heteroatoms. The van der Waals surface area contributed by atoms with Gasteiger partial charge >= 0.3 is 6.18 Å². The Kier molecular flexibility index (Phi) is 4.74. The fourth-order valence-corrected chi connectivity index (χ4v) is 1.50. The number of nitriles is 1. The number of nitrogens with zero attached hydrogens (tertiary/aromatic N) is 1. The van der Waals surface area contributed by atoms with Crippen LogP contribution in [0.25, 0.3) is 0 Å². The van der Waals surface area contributed by atoms with Crippen LogP contribution in [0, 0.1) is 24.2 Å². The monoisotopic (exact) mass is 256 g/mol. The zero-order valence-corrected chi connectivity index (χ0v) is 10.3. The smallest absolute Gasteiger partial charge is 0.309 e. The molecule has 0 heterocycles. The summed E-state index contributed by atoms with van der Waals surface area (Å²) in [6.45, 7) is 3.32. The minimum absolute atomic E-state index is 0.219. The molecule has 1 unspecified atom stereocenters. The van der Waals surface area contributed by atoms with Crippen LogP contribution in [0.3, 0.4) is 0 Å². The predicted molar refractivity (Wildman–Crippen MR) is 62.8 cm³/mol. The fraction of sp³-hybridized carbons (Fsp3) is 0.462. The molecule has 0 aliphatic carbocycles. The number of halogens is 3. The van der Waals surface area contributed by atoms with Gasteiger partial charge in [-0.3, -0.25) is 0 Å². The van der Waals surface area contributed by atoms with Gasteiger partial charge in [0.25, 0.3) is 0 Å². The maximum absolute atomic E-state index is 12.4. The van der Waals surface area contributed by atoms with Crippen LogP contribution in [-0.4, -0.2) is 12.7 Å². The molecular formula is C13H15F3N2. The summed E-state index contributed by atoms with van der Waals surface area (Å²) < 4.78 is 37.1. The summed E-state index contributed by atoms with van der Waals surface area (Å²) in [7, 11) is 0. The van der Waals surface area contributed by atoms with E-state index in [0.29, 0.717) is 0 Å². The molecule has 0 bridgehead atoms. The lowest BCUT2D eigenvalue weighted by Crippen LogP contribution is -2.33. The molecule has 2 atom stereocenters.